The third-order valence-corrected chi connectivity index (χ3v) is 4.75. The van der Waals surface area contributed by atoms with Gasteiger partial charge in [-0.1, -0.05) is 35.9 Å². The maximum atomic E-state index is 12.4. The van der Waals surface area contributed by atoms with Gasteiger partial charge in [0.05, 0.1) is 15.6 Å². The molecule has 0 saturated carbocycles. The summed E-state index contributed by atoms with van der Waals surface area (Å²) in [5.74, 6) is -0.189. The third kappa shape index (κ3) is 3.91. The van der Waals surface area contributed by atoms with Crippen molar-refractivity contribution < 1.29 is 9.72 Å². The second kappa shape index (κ2) is 7.53. The van der Waals surface area contributed by atoms with Gasteiger partial charge in [0.2, 0.25) is 5.91 Å². The molecule has 0 radical (unpaired) electrons. The van der Waals surface area contributed by atoms with Gasteiger partial charge in [0, 0.05) is 25.1 Å². The molecule has 1 amide bonds. The Balaban J connectivity index is 1.63. The second-order valence-corrected chi connectivity index (χ2v) is 6.38. The maximum absolute atomic E-state index is 12.4. The van der Waals surface area contributed by atoms with Gasteiger partial charge in [-0.05, 0) is 31.0 Å². The number of amides is 1. The second-order valence-electron chi connectivity index (χ2n) is 5.98. The first kappa shape index (κ1) is 17.2. The lowest BCUT2D eigenvalue weighted by Crippen LogP contribution is -2.38. The third-order valence-electron chi connectivity index (χ3n) is 4.42. The van der Waals surface area contributed by atoms with E-state index in [1.165, 1.54) is 6.07 Å². The fourth-order valence-corrected chi connectivity index (χ4v) is 3.25. The van der Waals surface area contributed by atoms with Gasteiger partial charge in [0.25, 0.3) is 5.69 Å². The van der Waals surface area contributed by atoms with Crippen LogP contribution in [0.4, 0.5) is 17.1 Å². The van der Waals surface area contributed by atoms with Crippen molar-refractivity contribution in [2.45, 2.75) is 12.8 Å². The highest BCUT2D eigenvalue weighted by Crippen LogP contribution is 2.31. The summed E-state index contributed by atoms with van der Waals surface area (Å²) >= 11 is 6.07. The van der Waals surface area contributed by atoms with Crippen molar-refractivity contribution in [3.63, 3.8) is 0 Å². The highest BCUT2D eigenvalue weighted by Gasteiger charge is 2.28. The minimum Gasteiger partial charge on any atom is -0.366 e. The number of para-hydroxylation sites is 3. The van der Waals surface area contributed by atoms with Gasteiger partial charge in [0.1, 0.15) is 5.69 Å². The molecule has 1 aliphatic rings. The number of rotatable bonds is 4. The van der Waals surface area contributed by atoms with Gasteiger partial charge in [-0.25, -0.2) is 0 Å². The number of nitrogens with zero attached hydrogens (tertiary/aromatic N) is 2. The number of anilines is 2. The van der Waals surface area contributed by atoms with Gasteiger partial charge in [-0.2, -0.15) is 0 Å². The topological polar surface area (TPSA) is 75.5 Å². The molecule has 0 bridgehead atoms. The Bertz CT molecular complexity index is 789. The van der Waals surface area contributed by atoms with Gasteiger partial charge >= 0.3 is 0 Å². The Morgan fingerprint density at radius 3 is 2.44 bits per heavy atom. The number of carbonyl (C=O) groups excluding carboxylic acids is 1. The number of hydrogen-bond donors (Lipinski definition) is 1. The zero-order valence-electron chi connectivity index (χ0n) is 13.5. The van der Waals surface area contributed by atoms with E-state index in [0.29, 0.717) is 42.3 Å². The van der Waals surface area contributed by atoms with E-state index >= 15 is 0 Å². The van der Waals surface area contributed by atoms with Crippen LogP contribution < -0.4 is 10.2 Å². The lowest BCUT2D eigenvalue weighted by molar-refractivity contribution is -0.384. The molecular weight excluding hydrogens is 342 g/mol. The molecule has 0 spiro atoms. The van der Waals surface area contributed by atoms with E-state index in [1.54, 1.807) is 30.3 Å². The van der Waals surface area contributed by atoms with Crippen LogP contribution in [0.2, 0.25) is 5.02 Å². The lowest BCUT2D eigenvalue weighted by Gasteiger charge is -2.32. The normalized spacial score (nSPS) is 15.0. The number of nitrogens with one attached hydrogen (secondary N) is 1. The van der Waals surface area contributed by atoms with Gasteiger partial charge in [0.15, 0.2) is 0 Å². The molecule has 1 saturated heterocycles. The van der Waals surface area contributed by atoms with Crippen LogP contribution in [-0.4, -0.2) is 23.9 Å². The van der Waals surface area contributed by atoms with E-state index < -0.39 is 0 Å². The molecule has 2 aromatic rings. The highest BCUT2D eigenvalue weighted by molar-refractivity contribution is 6.33. The number of benzene rings is 2. The van der Waals surface area contributed by atoms with Gasteiger partial charge < -0.3 is 10.2 Å². The fraction of sp³-hybridized carbons (Fsp3) is 0.278. The van der Waals surface area contributed by atoms with Crippen molar-refractivity contribution in [1.29, 1.82) is 0 Å². The van der Waals surface area contributed by atoms with Crippen LogP contribution in [0.15, 0.2) is 48.5 Å². The van der Waals surface area contributed by atoms with E-state index in [1.807, 2.05) is 17.0 Å². The van der Waals surface area contributed by atoms with Crippen molar-refractivity contribution in [3.8, 4) is 0 Å². The summed E-state index contributed by atoms with van der Waals surface area (Å²) in [5, 5.41) is 14.5. The standard InChI is InChI=1S/C18H18ClN3O3/c19-14-5-1-2-6-15(14)20-18(23)13-9-11-21(12-10-13)16-7-3-4-8-17(16)22(24)25/h1-8,13H,9-12H2,(H,20,23). The van der Waals surface area contributed by atoms with Crippen molar-refractivity contribution in [2.75, 3.05) is 23.3 Å². The van der Waals surface area contributed by atoms with Crippen LogP contribution >= 0.6 is 11.6 Å². The lowest BCUT2D eigenvalue weighted by atomic mass is 9.95. The smallest absolute Gasteiger partial charge is 0.292 e. The summed E-state index contributed by atoms with van der Waals surface area (Å²) in [6.07, 6.45) is 1.28. The minimum atomic E-state index is -0.370. The Hall–Kier alpha value is -2.60. The SMILES string of the molecule is O=C(Nc1ccccc1Cl)C1CCN(c2ccccc2[N+](=O)[O-])CC1. The van der Waals surface area contributed by atoms with E-state index in [2.05, 4.69) is 5.32 Å². The van der Waals surface area contributed by atoms with Crippen LogP contribution in [0.3, 0.4) is 0 Å². The monoisotopic (exact) mass is 359 g/mol. The first-order valence-corrected chi connectivity index (χ1v) is 8.48. The molecule has 3 rings (SSSR count). The minimum absolute atomic E-state index is 0.0599. The van der Waals surface area contributed by atoms with E-state index in [9.17, 15) is 14.9 Å². The molecule has 1 N–H and O–H groups in total. The molecule has 2 aromatic carbocycles. The summed E-state index contributed by atoms with van der Waals surface area (Å²) in [6.45, 7) is 1.21. The van der Waals surface area contributed by atoms with Gasteiger partial charge in [-0.3, -0.25) is 14.9 Å². The average molecular weight is 360 g/mol. The molecule has 1 fully saturated rings. The summed E-state index contributed by atoms with van der Waals surface area (Å²) < 4.78 is 0. The molecule has 6 nitrogen and oxygen atoms in total. The average Bonchev–Trinajstić information content (AvgIpc) is 2.63. The number of piperidine rings is 1. The molecule has 0 aliphatic carbocycles. The van der Waals surface area contributed by atoms with Crippen molar-refractivity contribution >= 4 is 34.6 Å². The summed E-state index contributed by atoms with van der Waals surface area (Å²) in [6, 6.07) is 13.8. The predicted molar refractivity (Wildman–Crippen MR) is 98.1 cm³/mol. The van der Waals surface area contributed by atoms with Crippen LogP contribution in [0.25, 0.3) is 0 Å². The zero-order valence-corrected chi connectivity index (χ0v) is 14.3. The number of nitro groups is 1. The number of halogens is 1. The van der Waals surface area contributed by atoms with Gasteiger partial charge in [-0.15, -0.1) is 0 Å². The zero-order chi connectivity index (χ0) is 17.8. The van der Waals surface area contributed by atoms with Crippen molar-refractivity contribution in [2.24, 2.45) is 5.92 Å². The molecule has 0 aromatic heterocycles. The first-order valence-electron chi connectivity index (χ1n) is 8.10. The van der Waals surface area contributed by atoms with Crippen molar-refractivity contribution in [1.82, 2.24) is 0 Å². The Morgan fingerprint density at radius 1 is 1.12 bits per heavy atom. The van der Waals surface area contributed by atoms with E-state index in [4.69, 9.17) is 11.6 Å². The quantitative estimate of drug-likeness (QED) is 0.658. The molecule has 1 aliphatic heterocycles. The van der Waals surface area contributed by atoms with Crippen LogP contribution in [0.5, 0.6) is 0 Å². The Kier molecular flexibility index (Phi) is 5.19. The predicted octanol–water partition coefficient (Wildman–Crippen LogP) is 4.10. The van der Waals surface area contributed by atoms with Crippen LogP contribution in [0.1, 0.15) is 12.8 Å². The number of nitro benzene ring substituents is 1. The highest BCUT2D eigenvalue weighted by atomic mass is 35.5. The number of carbonyl (C=O) groups is 1. The molecule has 7 heteroatoms. The molecule has 0 atom stereocenters. The molecule has 1 heterocycles. The summed E-state index contributed by atoms with van der Waals surface area (Å²) in [4.78, 5) is 25.2. The molecule has 25 heavy (non-hydrogen) atoms. The summed E-state index contributed by atoms with van der Waals surface area (Å²) in [5.41, 5.74) is 1.31. The van der Waals surface area contributed by atoms with Crippen LogP contribution in [-0.2, 0) is 4.79 Å². The van der Waals surface area contributed by atoms with Crippen LogP contribution in [0, 0.1) is 16.0 Å². The molecule has 0 unspecified atom stereocenters. The largest absolute Gasteiger partial charge is 0.366 e. The maximum Gasteiger partial charge on any atom is 0.292 e. The van der Waals surface area contributed by atoms with E-state index in [-0.39, 0.29) is 22.4 Å². The van der Waals surface area contributed by atoms with Crippen molar-refractivity contribution in [3.05, 3.63) is 63.7 Å². The first-order chi connectivity index (χ1) is 12.1. The fourth-order valence-electron chi connectivity index (χ4n) is 3.07. The number of hydrogen-bond acceptors (Lipinski definition) is 4. The molecule has 130 valence electrons. The van der Waals surface area contributed by atoms with E-state index in [0.717, 1.165) is 0 Å². The Morgan fingerprint density at radius 2 is 1.76 bits per heavy atom. The molecular formula is C18H18ClN3O3. The Labute approximate surface area is 150 Å². The summed E-state index contributed by atoms with van der Waals surface area (Å²) in [7, 11) is 0.